The zero-order valence-corrected chi connectivity index (χ0v) is 21.9. The van der Waals surface area contributed by atoms with Gasteiger partial charge in [0, 0.05) is 38.9 Å². The average molecular weight is 481 g/mol. The van der Waals surface area contributed by atoms with Gasteiger partial charge in [-0.25, -0.2) is 4.98 Å². The summed E-state index contributed by atoms with van der Waals surface area (Å²) in [6.07, 6.45) is 7.00. The highest BCUT2D eigenvalue weighted by Crippen LogP contribution is 2.12. The molecule has 2 aliphatic heterocycles. The molecular weight excluding hydrogens is 436 g/mol. The number of likely N-dealkylation sites (tertiary alicyclic amines) is 2. The van der Waals surface area contributed by atoms with Gasteiger partial charge in [-0.15, -0.1) is 12.4 Å². The number of pyridine rings is 1. The molecule has 0 aliphatic carbocycles. The summed E-state index contributed by atoms with van der Waals surface area (Å²) in [4.78, 5) is 22.7. The molecule has 0 atom stereocenters. The van der Waals surface area contributed by atoms with Gasteiger partial charge >= 0.3 is 0 Å². The summed E-state index contributed by atoms with van der Waals surface area (Å²) in [7, 11) is 0. The van der Waals surface area contributed by atoms with E-state index in [-0.39, 0.29) is 18.0 Å². The molecule has 0 saturated carbocycles. The Kier molecular flexibility index (Phi) is 15.0. The van der Waals surface area contributed by atoms with Crippen LogP contribution in [0.2, 0.25) is 0 Å². The first-order valence-corrected chi connectivity index (χ1v) is 12.7. The molecule has 0 radical (unpaired) electrons. The molecule has 33 heavy (non-hydrogen) atoms. The number of fused-ring (bicyclic) bond motifs is 1. The molecule has 4 rings (SSSR count). The predicted octanol–water partition coefficient (Wildman–Crippen LogP) is 3.86. The van der Waals surface area contributed by atoms with E-state index in [2.05, 4.69) is 20.4 Å². The number of aromatic nitrogens is 2. The van der Waals surface area contributed by atoms with Crippen LogP contribution in [0.4, 0.5) is 5.82 Å². The number of hydrogen-bond donors (Lipinski definition) is 2. The molecule has 0 amide bonds. The maximum atomic E-state index is 13.0. The van der Waals surface area contributed by atoms with Crippen LogP contribution in [0, 0.1) is 0 Å². The van der Waals surface area contributed by atoms with E-state index in [1.165, 1.54) is 51.9 Å². The van der Waals surface area contributed by atoms with E-state index < -0.39 is 0 Å². The minimum atomic E-state index is 0. The first-order chi connectivity index (χ1) is 15.8. The molecular formula is C25H45ClN6O. The summed E-state index contributed by atoms with van der Waals surface area (Å²) in [5.74, 6) is 0.726. The summed E-state index contributed by atoms with van der Waals surface area (Å²) in [6.45, 7) is 17.1. The van der Waals surface area contributed by atoms with E-state index in [1.807, 2.05) is 45.9 Å². The molecule has 188 valence electrons. The molecule has 2 fully saturated rings. The third-order valence-corrected chi connectivity index (χ3v) is 5.85. The monoisotopic (exact) mass is 480 g/mol. The van der Waals surface area contributed by atoms with Crippen molar-refractivity contribution >= 4 is 23.9 Å². The summed E-state index contributed by atoms with van der Waals surface area (Å²) >= 11 is 0. The normalized spacial score (nSPS) is 15.9. The molecule has 2 aromatic heterocycles. The Morgan fingerprint density at radius 3 is 2.06 bits per heavy atom. The van der Waals surface area contributed by atoms with Gasteiger partial charge in [-0.05, 0) is 64.0 Å². The van der Waals surface area contributed by atoms with Crippen molar-refractivity contribution in [3.63, 3.8) is 0 Å². The van der Waals surface area contributed by atoms with Crippen LogP contribution in [-0.4, -0.2) is 71.5 Å². The zero-order chi connectivity index (χ0) is 23.2. The molecule has 7 nitrogen and oxygen atoms in total. The fraction of sp³-hybridized carbons (Fsp3) is 0.680. The molecule has 0 spiro atoms. The smallest absolute Gasteiger partial charge is 0.264 e. The van der Waals surface area contributed by atoms with Gasteiger partial charge in [-0.3, -0.25) is 9.20 Å². The fourth-order valence-corrected chi connectivity index (χ4v) is 4.23. The van der Waals surface area contributed by atoms with Crippen molar-refractivity contribution in [1.29, 1.82) is 0 Å². The Balaban J connectivity index is 0.00000103. The van der Waals surface area contributed by atoms with E-state index in [9.17, 15) is 4.79 Å². The van der Waals surface area contributed by atoms with Gasteiger partial charge in [0.25, 0.3) is 5.56 Å². The fourth-order valence-electron chi connectivity index (χ4n) is 4.23. The Labute approximate surface area is 206 Å². The molecule has 0 unspecified atom stereocenters. The predicted molar refractivity (Wildman–Crippen MR) is 143 cm³/mol. The summed E-state index contributed by atoms with van der Waals surface area (Å²) in [6, 6.07) is 5.68. The van der Waals surface area contributed by atoms with E-state index >= 15 is 0 Å². The van der Waals surface area contributed by atoms with Gasteiger partial charge in [-0.1, -0.05) is 33.8 Å². The lowest BCUT2D eigenvalue weighted by Gasteiger charge is -2.18. The highest BCUT2D eigenvalue weighted by molar-refractivity contribution is 5.85. The molecule has 2 saturated heterocycles. The van der Waals surface area contributed by atoms with E-state index in [1.54, 1.807) is 10.6 Å². The minimum absolute atomic E-state index is 0. The number of anilines is 1. The van der Waals surface area contributed by atoms with Crippen LogP contribution in [0.5, 0.6) is 0 Å². The number of nitrogens with zero attached hydrogens (tertiary/aromatic N) is 4. The summed E-state index contributed by atoms with van der Waals surface area (Å²) < 4.78 is 1.64. The number of hydrogen-bond acceptors (Lipinski definition) is 6. The lowest BCUT2D eigenvalue weighted by molar-refractivity contribution is 0.335. The van der Waals surface area contributed by atoms with Crippen molar-refractivity contribution in [2.24, 2.45) is 0 Å². The highest BCUT2D eigenvalue weighted by Gasteiger charge is 2.15. The van der Waals surface area contributed by atoms with Crippen molar-refractivity contribution in [1.82, 2.24) is 24.5 Å². The Morgan fingerprint density at radius 1 is 0.879 bits per heavy atom. The third kappa shape index (κ3) is 8.89. The van der Waals surface area contributed by atoms with Gasteiger partial charge in [0.15, 0.2) is 0 Å². The van der Waals surface area contributed by atoms with Crippen molar-refractivity contribution in [3.05, 3.63) is 40.3 Å². The summed E-state index contributed by atoms with van der Waals surface area (Å²) in [5.41, 5.74) is 1.44. The number of nitrogens with one attached hydrogen (secondary N) is 2. The molecule has 0 bridgehead atoms. The molecule has 2 aliphatic rings. The average Bonchev–Trinajstić information content (AvgIpc) is 3.55. The third-order valence-electron chi connectivity index (χ3n) is 5.85. The minimum Gasteiger partial charge on any atom is -0.368 e. The van der Waals surface area contributed by atoms with Crippen LogP contribution in [-0.2, 0) is 6.54 Å². The van der Waals surface area contributed by atoms with Crippen molar-refractivity contribution in [2.45, 2.75) is 59.9 Å². The van der Waals surface area contributed by atoms with Crippen LogP contribution in [0.1, 0.15) is 58.9 Å². The second-order valence-electron chi connectivity index (χ2n) is 7.87. The summed E-state index contributed by atoms with van der Waals surface area (Å²) in [5, 5.41) is 6.90. The second kappa shape index (κ2) is 16.9. The maximum Gasteiger partial charge on any atom is 0.264 e. The first-order valence-electron chi connectivity index (χ1n) is 12.7. The molecule has 2 aromatic rings. The molecule has 4 heterocycles. The lowest BCUT2D eigenvalue weighted by atomic mass is 10.2. The van der Waals surface area contributed by atoms with Gasteiger partial charge in [0.05, 0.1) is 5.56 Å². The van der Waals surface area contributed by atoms with Crippen molar-refractivity contribution in [3.8, 4) is 0 Å². The molecule has 2 N–H and O–H groups in total. The maximum absolute atomic E-state index is 13.0. The van der Waals surface area contributed by atoms with Gasteiger partial charge in [0.1, 0.15) is 11.5 Å². The van der Waals surface area contributed by atoms with Crippen LogP contribution < -0.4 is 16.2 Å². The van der Waals surface area contributed by atoms with Crippen molar-refractivity contribution in [2.75, 3.05) is 57.7 Å². The van der Waals surface area contributed by atoms with Gasteiger partial charge in [-0.2, -0.15) is 0 Å². The topological polar surface area (TPSA) is 64.9 Å². The second-order valence-corrected chi connectivity index (χ2v) is 7.87. The standard InChI is InChI=1S/C21H32N6O.2C2H6.ClH/c28-21-18(17-22-8-15-25-10-3-4-11-25)20(23-9-16-26-12-5-6-13-26)24-19-7-1-2-14-27(19)21;2*1-2;/h1-2,7,14,22-23H,3-6,8-13,15-17H2;2*1-2H3;1H. The Morgan fingerprint density at radius 2 is 1.45 bits per heavy atom. The van der Waals surface area contributed by atoms with Crippen molar-refractivity contribution < 1.29 is 0 Å². The van der Waals surface area contributed by atoms with E-state index in [0.717, 1.165) is 37.6 Å². The first kappa shape index (κ1) is 29.4. The van der Waals surface area contributed by atoms with Crippen LogP contribution in [0.25, 0.3) is 5.65 Å². The van der Waals surface area contributed by atoms with E-state index in [4.69, 9.17) is 4.98 Å². The highest BCUT2D eigenvalue weighted by atomic mass is 35.5. The van der Waals surface area contributed by atoms with Gasteiger partial charge in [0.2, 0.25) is 0 Å². The SMILES string of the molecule is CC.CC.Cl.O=c1c(CNCCN2CCCC2)c(NCCN2CCCC2)nc2ccccn12. The Bertz CT molecular complexity index is 831. The molecule has 0 aromatic carbocycles. The zero-order valence-electron chi connectivity index (χ0n) is 21.1. The molecule has 8 heteroatoms. The van der Waals surface area contributed by atoms with Gasteiger partial charge < -0.3 is 20.4 Å². The number of rotatable bonds is 9. The largest absolute Gasteiger partial charge is 0.368 e. The Hall–Kier alpha value is -1.67. The number of halogens is 1. The van der Waals surface area contributed by atoms with Crippen LogP contribution >= 0.6 is 12.4 Å². The van der Waals surface area contributed by atoms with E-state index in [0.29, 0.717) is 12.2 Å². The van der Waals surface area contributed by atoms with Crippen LogP contribution in [0.15, 0.2) is 29.2 Å². The quantitative estimate of drug-likeness (QED) is 0.531. The van der Waals surface area contributed by atoms with Crippen LogP contribution in [0.3, 0.4) is 0 Å². The lowest BCUT2D eigenvalue weighted by Crippen LogP contribution is -2.33.